The minimum Gasteiger partial charge on any atom is -0.481 e. The molecule has 2 heterocycles. The van der Waals surface area contributed by atoms with E-state index in [1.54, 1.807) is 12.5 Å². The van der Waals surface area contributed by atoms with Gasteiger partial charge in [-0.15, -0.1) is 0 Å². The molecule has 0 aliphatic carbocycles. The Kier molecular flexibility index (Phi) is 3.05. The Morgan fingerprint density at radius 1 is 1.47 bits per heavy atom. The number of benzene rings is 1. The van der Waals surface area contributed by atoms with E-state index in [-0.39, 0.29) is 0 Å². The van der Waals surface area contributed by atoms with E-state index >= 15 is 0 Å². The lowest BCUT2D eigenvalue weighted by Gasteiger charge is -2.32. The van der Waals surface area contributed by atoms with Gasteiger partial charge in [0.15, 0.2) is 0 Å². The largest absolute Gasteiger partial charge is 0.481 e. The van der Waals surface area contributed by atoms with Gasteiger partial charge >= 0.3 is 5.97 Å². The molecule has 0 spiro atoms. The van der Waals surface area contributed by atoms with Crippen LogP contribution in [0.2, 0.25) is 0 Å². The number of carboxylic acid groups (broad SMARTS) is 1. The summed E-state index contributed by atoms with van der Waals surface area (Å²) in [5, 5.41) is 13.0. The lowest BCUT2D eigenvalue weighted by molar-refractivity contribution is -0.139. The summed E-state index contributed by atoms with van der Waals surface area (Å²) in [4.78, 5) is 13.5. The van der Waals surface area contributed by atoms with Crippen molar-refractivity contribution < 1.29 is 14.4 Å². The van der Waals surface area contributed by atoms with Crippen molar-refractivity contribution in [3.63, 3.8) is 0 Å². The number of aliphatic carboxylic acids is 1. The Labute approximate surface area is 110 Å². The zero-order valence-electron chi connectivity index (χ0n) is 10.3. The minimum atomic E-state index is -0.775. The molecule has 0 radical (unpaired) electrons. The van der Waals surface area contributed by atoms with E-state index in [4.69, 9.17) is 4.52 Å². The van der Waals surface area contributed by atoms with Gasteiger partial charge in [0.1, 0.15) is 6.26 Å². The van der Waals surface area contributed by atoms with Crippen LogP contribution in [-0.2, 0) is 17.9 Å². The van der Waals surface area contributed by atoms with Crippen LogP contribution in [0.3, 0.4) is 0 Å². The SMILES string of the molecule is O=C(O)C1CN(Cc2cnoc2)Cc2ccccc21. The molecule has 1 aromatic heterocycles. The van der Waals surface area contributed by atoms with Gasteiger partial charge in [0.25, 0.3) is 0 Å². The maximum absolute atomic E-state index is 11.4. The number of hydrogen-bond acceptors (Lipinski definition) is 4. The quantitative estimate of drug-likeness (QED) is 0.910. The van der Waals surface area contributed by atoms with E-state index in [2.05, 4.69) is 10.1 Å². The third-order valence-electron chi connectivity index (χ3n) is 3.45. The maximum atomic E-state index is 11.4. The topological polar surface area (TPSA) is 66.6 Å². The highest BCUT2D eigenvalue weighted by atomic mass is 16.5. The summed E-state index contributed by atoms with van der Waals surface area (Å²) in [5.74, 6) is -1.24. The zero-order valence-corrected chi connectivity index (χ0v) is 10.3. The number of aromatic nitrogens is 1. The molecule has 0 saturated carbocycles. The van der Waals surface area contributed by atoms with Gasteiger partial charge in [-0.05, 0) is 11.1 Å². The molecule has 0 saturated heterocycles. The molecule has 5 nitrogen and oxygen atoms in total. The van der Waals surface area contributed by atoms with Gasteiger partial charge in [-0.25, -0.2) is 0 Å². The second-order valence-electron chi connectivity index (χ2n) is 4.79. The van der Waals surface area contributed by atoms with Crippen molar-refractivity contribution in [2.45, 2.75) is 19.0 Å². The molecule has 1 aliphatic rings. The van der Waals surface area contributed by atoms with Gasteiger partial charge in [0.05, 0.1) is 12.1 Å². The normalized spacial score (nSPS) is 19.1. The summed E-state index contributed by atoms with van der Waals surface area (Å²) in [6.07, 6.45) is 3.26. The Balaban J connectivity index is 1.86. The van der Waals surface area contributed by atoms with Crippen molar-refractivity contribution in [3.8, 4) is 0 Å². The Morgan fingerprint density at radius 2 is 2.32 bits per heavy atom. The highest BCUT2D eigenvalue weighted by molar-refractivity contribution is 5.77. The number of nitrogens with zero attached hydrogens (tertiary/aromatic N) is 2. The smallest absolute Gasteiger partial charge is 0.312 e. The van der Waals surface area contributed by atoms with Gasteiger partial charge in [-0.2, -0.15) is 0 Å². The van der Waals surface area contributed by atoms with Crippen molar-refractivity contribution in [1.82, 2.24) is 10.1 Å². The number of fused-ring (bicyclic) bond motifs is 1. The Hall–Kier alpha value is -2.14. The monoisotopic (exact) mass is 258 g/mol. The van der Waals surface area contributed by atoms with E-state index in [0.717, 1.165) is 23.2 Å². The van der Waals surface area contributed by atoms with Crippen LogP contribution in [0.1, 0.15) is 22.6 Å². The number of hydrogen-bond donors (Lipinski definition) is 1. The third kappa shape index (κ3) is 2.37. The van der Waals surface area contributed by atoms with E-state index in [1.807, 2.05) is 24.3 Å². The van der Waals surface area contributed by atoms with Crippen molar-refractivity contribution in [3.05, 3.63) is 53.4 Å². The molecule has 1 unspecified atom stereocenters. The molecule has 1 aliphatic heterocycles. The predicted molar refractivity (Wildman–Crippen MR) is 67.4 cm³/mol. The molecule has 0 amide bonds. The molecule has 3 rings (SSSR count). The molecule has 1 aromatic carbocycles. The summed E-state index contributed by atoms with van der Waals surface area (Å²) >= 11 is 0. The molecule has 2 aromatic rings. The lowest BCUT2D eigenvalue weighted by atomic mass is 9.89. The first-order valence-electron chi connectivity index (χ1n) is 6.15. The second-order valence-corrected chi connectivity index (χ2v) is 4.79. The van der Waals surface area contributed by atoms with Crippen molar-refractivity contribution in [2.75, 3.05) is 6.54 Å². The molecule has 0 bridgehead atoms. The van der Waals surface area contributed by atoms with Crippen LogP contribution < -0.4 is 0 Å². The van der Waals surface area contributed by atoms with Crippen molar-refractivity contribution >= 4 is 5.97 Å². The summed E-state index contributed by atoms with van der Waals surface area (Å²) in [6, 6.07) is 7.74. The molecule has 19 heavy (non-hydrogen) atoms. The number of rotatable bonds is 3. The van der Waals surface area contributed by atoms with E-state index < -0.39 is 11.9 Å². The third-order valence-corrected chi connectivity index (χ3v) is 3.45. The summed E-state index contributed by atoms with van der Waals surface area (Å²) < 4.78 is 4.81. The average Bonchev–Trinajstić information content (AvgIpc) is 2.90. The van der Waals surface area contributed by atoms with Crippen LogP contribution in [0.4, 0.5) is 0 Å². The first-order valence-corrected chi connectivity index (χ1v) is 6.15. The van der Waals surface area contributed by atoms with Crippen LogP contribution >= 0.6 is 0 Å². The van der Waals surface area contributed by atoms with E-state index in [0.29, 0.717) is 13.1 Å². The number of carboxylic acids is 1. The summed E-state index contributed by atoms with van der Waals surface area (Å²) in [6.45, 7) is 1.92. The van der Waals surface area contributed by atoms with E-state index in [9.17, 15) is 9.90 Å². The fourth-order valence-electron chi connectivity index (χ4n) is 2.57. The molecular weight excluding hydrogens is 244 g/mol. The minimum absolute atomic E-state index is 0.468. The second kappa shape index (κ2) is 4.85. The Morgan fingerprint density at radius 3 is 3.05 bits per heavy atom. The van der Waals surface area contributed by atoms with Crippen LogP contribution in [0.15, 0.2) is 41.2 Å². The molecule has 1 atom stereocenters. The first-order chi connectivity index (χ1) is 9.24. The zero-order chi connectivity index (χ0) is 13.2. The maximum Gasteiger partial charge on any atom is 0.312 e. The van der Waals surface area contributed by atoms with Crippen molar-refractivity contribution in [1.29, 1.82) is 0 Å². The first kappa shape index (κ1) is 11.9. The standard InChI is InChI=1S/C14H14N2O3/c17-14(18)13-8-16(6-10-5-15-19-9-10)7-11-3-1-2-4-12(11)13/h1-5,9,13H,6-8H2,(H,17,18). The summed E-state index contributed by atoms with van der Waals surface area (Å²) in [7, 11) is 0. The molecule has 0 fully saturated rings. The van der Waals surface area contributed by atoms with Crippen LogP contribution in [0, 0.1) is 0 Å². The highest BCUT2D eigenvalue weighted by Crippen LogP contribution is 2.29. The fourth-order valence-corrected chi connectivity index (χ4v) is 2.57. The molecule has 5 heteroatoms. The van der Waals surface area contributed by atoms with Gasteiger partial charge in [0, 0.05) is 25.2 Å². The lowest BCUT2D eigenvalue weighted by Crippen LogP contribution is -2.36. The van der Waals surface area contributed by atoms with Crippen molar-refractivity contribution in [2.24, 2.45) is 0 Å². The van der Waals surface area contributed by atoms with Gasteiger partial charge in [0.2, 0.25) is 0 Å². The molecule has 98 valence electrons. The summed E-state index contributed by atoms with van der Waals surface area (Å²) in [5.41, 5.74) is 2.97. The van der Waals surface area contributed by atoms with Crippen LogP contribution in [-0.4, -0.2) is 27.7 Å². The van der Waals surface area contributed by atoms with Gasteiger partial charge in [-0.3, -0.25) is 9.69 Å². The average molecular weight is 258 g/mol. The number of carbonyl (C=O) groups is 1. The van der Waals surface area contributed by atoms with Gasteiger partial charge < -0.3 is 9.63 Å². The predicted octanol–water partition coefficient (Wildman–Crippen LogP) is 1.86. The fraction of sp³-hybridized carbons (Fsp3) is 0.286. The van der Waals surface area contributed by atoms with E-state index in [1.165, 1.54) is 0 Å². The van der Waals surface area contributed by atoms with Gasteiger partial charge in [-0.1, -0.05) is 29.4 Å². The molecular formula is C14H14N2O3. The van der Waals surface area contributed by atoms with Crippen LogP contribution in [0.25, 0.3) is 0 Å². The Bertz CT molecular complexity index is 580. The molecule has 1 N–H and O–H groups in total. The highest BCUT2D eigenvalue weighted by Gasteiger charge is 2.30. The van der Waals surface area contributed by atoms with Crippen LogP contribution in [0.5, 0.6) is 0 Å².